The quantitative estimate of drug-likeness (QED) is 0.200. The predicted molar refractivity (Wildman–Crippen MR) is 125 cm³/mol. The smallest absolute Gasteiger partial charge is 0.310 e. The number of rotatable bonds is 10. The number of hydrogen-bond donors (Lipinski definition) is 0. The fraction of sp³-hybridized carbons (Fsp3) is 0.360. The van der Waals surface area contributed by atoms with Crippen molar-refractivity contribution in [1.29, 1.82) is 0 Å². The summed E-state index contributed by atoms with van der Waals surface area (Å²) < 4.78 is 10.5. The van der Waals surface area contributed by atoms with E-state index in [0.29, 0.717) is 6.42 Å². The van der Waals surface area contributed by atoms with Gasteiger partial charge in [-0.25, -0.2) is 0 Å². The van der Waals surface area contributed by atoms with E-state index in [1.54, 1.807) is 0 Å². The minimum Gasteiger partial charge on any atom is -0.457 e. The van der Waals surface area contributed by atoms with E-state index in [0.717, 1.165) is 12.8 Å². The lowest BCUT2D eigenvalue weighted by molar-refractivity contribution is -0.385. The molecule has 0 N–H and O–H groups in total. The van der Waals surface area contributed by atoms with Crippen molar-refractivity contribution >= 4 is 34.9 Å². The van der Waals surface area contributed by atoms with E-state index in [1.165, 1.54) is 48.5 Å². The van der Waals surface area contributed by atoms with Crippen LogP contribution in [0.25, 0.3) is 0 Å². The van der Waals surface area contributed by atoms with E-state index in [-0.39, 0.29) is 34.3 Å². The number of fused-ring (bicyclic) bond motifs is 2. The normalized spacial score (nSPS) is 21.7. The van der Waals surface area contributed by atoms with Crippen LogP contribution in [0.15, 0.2) is 48.5 Å². The highest BCUT2D eigenvalue weighted by Crippen LogP contribution is 2.53. The molecule has 2 bridgehead atoms. The van der Waals surface area contributed by atoms with E-state index in [1.807, 2.05) is 0 Å². The molecule has 0 radical (unpaired) electrons. The maximum absolute atomic E-state index is 12.9. The average Bonchev–Trinajstić information content (AvgIpc) is 3.52. The van der Waals surface area contributed by atoms with Crippen molar-refractivity contribution < 1.29 is 38.5 Å². The molecule has 4 atom stereocenters. The molecule has 0 aliphatic heterocycles. The molecule has 2 aromatic rings. The Balaban J connectivity index is 1.34. The Morgan fingerprint density at radius 2 is 1.03 bits per heavy atom. The lowest BCUT2D eigenvalue weighted by Gasteiger charge is -2.27. The van der Waals surface area contributed by atoms with Gasteiger partial charge in [0.05, 0.1) is 21.7 Å². The zero-order valence-electron chi connectivity index (χ0n) is 19.4. The molecule has 4 rings (SSSR count). The number of ketones is 2. The van der Waals surface area contributed by atoms with Gasteiger partial charge in [0, 0.05) is 35.4 Å². The van der Waals surface area contributed by atoms with Crippen LogP contribution in [-0.4, -0.2) is 46.6 Å². The number of non-ortho nitro benzene ring substituents is 2. The summed E-state index contributed by atoms with van der Waals surface area (Å²) >= 11 is 0. The van der Waals surface area contributed by atoms with Gasteiger partial charge in [0.2, 0.25) is 0 Å². The minimum atomic E-state index is -0.801. The number of carbonyl (C=O) groups excluding carboxylic acids is 4. The Labute approximate surface area is 209 Å². The summed E-state index contributed by atoms with van der Waals surface area (Å²) in [6, 6.07) is 9.79. The summed E-state index contributed by atoms with van der Waals surface area (Å²) in [5.74, 6) is -4.30. The van der Waals surface area contributed by atoms with Crippen molar-refractivity contribution in [3.05, 3.63) is 79.9 Å². The number of hydrogen-bond acceptors (Lipinski definition) is 10. The molecular formula is C25H22N2O10. The van der Waals surface area contributed by atoms with Gasteiger partial charge < -0.3 is 9.47 Å². The van der Waals surface area contributed by atoms with Crippen LogP contribution in [0.4, 0.5) is 11.4 Å². The summed E-state index contributed by atoms with van der Waals surface area (Å²) in [6.07, 6.45) is 2.09. The first kappa shape index (κ1) is 25.6. The first-order valence-corrected chi connectivity index (χ1v) is 11.5. The average molecular weight is 510 g/mol. The number of Topliss-reactive ketones (excluding diaryl/α,β-unsaturated/α-hetero) is 2. The molecule has 2 aromatic carbocycles. The predicted octanol–water partition coefficient (Wildman–Crippen LogP) is 3.32. The highest BCUT2D eigenvalue weighted by Gasteiger charge is 2.55. The molecule has 2 aliphatic rings. The van der Waals surface area contributed by atoms with Gasteiger partial charge in [-0.2, -0.15) is 0 Å². The topological polar surface area (TPSA) is 173 Å². The number of nitro groups is 2. The van der Waals surface area contributed by atoms with Gasteiger partial charge in [-0.05, 0) is 55.4 Å². The zero-order valence-corrected chi connectivity index (χ0v) is 19.4. The van der Waals surface area contributed by atoms with Crippen LogP contribution in [0.5, 0.6) is 0 Å². The van der Waals surface area contributed by atoms with Crippen LogP contribution >= 0.6 is 0 Å². The van der Waals surface area contributed by atoms with Crippen LogP contribution in [0.1, 0.15) is 40.0 Å². The molecule has 37 heavy (non-hydrogen) atoms. The van der Waals surface area contributed by atoms with Crippen molar-refractivity contribution in [2.75, 3.05) is 13.2 Å². The van der Waals surface area contributed by atoms with Crippen molar-refractivity contribution in [1.82, 2.24) is 0 Å². The molecule has 0 saturated heterocycles. The van der Waals surface area contributed by atoms with Gasteiger partial charge in [0.15, 0.2) is 24.8 Å². The van der Waals surface area contributed by atoms with Gasteiger partial charge in [0.25, 0.3) is 11.4 Å². The largest absolute Gasteiger partial charge is 0.457 e. The third kappa shape index (κ3) is 5.52. The summed E-state index contributed by atoms with van der Waals surface area (Å²) in [5, 5.41) is 21.5. The van der Waals surface area contributed by atoms with Crippen molar-refractivity contribution in [2.45, 2.75) is 19.3 Å². The lowest BCUT2D eigenvalue weighted by atomic mass is 9.79. The van der Waals surface area contributed by atoms with Gasteiger partial charge in [-0.15, -0.1) is 0 Å². The molecular weight excluding hydrogens is 488 g/mol. The van der Waals surface area contributed by atoms with Crippen LogP contribution in [-0.2, 0) is 19.1 Å². The van der Waals surface area contributed by atoms with Gasteiger partial charge in [-0.3, -0.25) is 39.4 Å². The monoisotopic (exact) mass is 510 g/mol. The Morgan fingerprint density at radius 3 is 1.35 bits per heavy atom. The summed E-state index contributed by atoms with van der Waals surface area (Å²) in [7, 11) is 0. The third-order valence-corrected chi connectivity index (χ3v) is 6.95. The van der Waals surface area contributed by atoms with E-state index < -0.39 is 58.4 Å². The number of carbonyl (C=O) groups is 4. The molecule has 0 spiro atoms. The number of nitrogens with zero attached hydrogens (tertiary/aromatic N) is 2. The maximum atomic E-state index is 12.9. The van der Waals surface area contributed by atoms with Crippen molar-refractivity contribution in [3.8, 4) is 0 Å². The molecule has 12 nitrogen and oxygen atoms in total. The number of ether oxygens (including phenoxy) is 2. The Bertz CT molecular complexity index is 1160. The van der Waals surface area contributed by atoms with Crippen LogP contribution in [0.2, 0.25) is 0 Å². The molecule has 0 aromatic heterocycles. The second-order valence-corrected chi connectivity index (χ2v) is 9.05. The van der Waals surface area contributed by atoms with Crippen LogP contribution < -0.4 is 0 Å². The first-order chi connectivity index (χ1) is 17.7. The molecule has 4 unspecified atom stereocenters. The number of esters is 2. The highest BCUT2D eigenvalue weighted by molar-refractivity contribution is 5.99. The SMILES string of the molecule is O=C(COC(=O)C1C2CCC(C2)C1C(=O)OCC(=O)c1ccc([N+](=O)[O-])cc1)c1ccc([N+](=O)[O-])cc1. The molecule has 2 saturated carbocycles. The molecule has 192 valence electrons. The Kier molecular flexibility index (Phi) is 7.37. The summed E-state index contributed by atoms with van der Waals surface area (Å²) in [6.45, 7) is -1.16. The van der Waals surface area contributed by atoms with Gasteiger partial charge in [-0.1, -0.05) is 0 Å². The Hall–Kier alpha value is -4.48. The molecule has 2 aliphatic carbocycles. The van der Waals surface area contributed by atoms with Gasteiger partial charge >= 0.3 is 11.9 Å². The highest BCUT2D eigenvalue weighted by atomic mass is 16.6. The summed E-state index contributed by atoms with van der Waals surface area (Å²) in [4.78, 5) is 70.8. The first-order valence-electron chi connectivity index (χ1n) is 11.5. The van der Waals surface area contributed by atoms with Crippen LogP contribution in [0, 0.1) is 43.9 Å². The lowest BCUT2D eigenvalue weighted by Crippen LogP contribution is -2.38. The zero-order chi connectivity index (χ0) is 26.7. The van der Waals surface area contributed by atoms with E-state index in [4.69, 9.17) is 9.47 Å². The fourth-order valence-corrected chi connectivity index (χ4v) is 5.14. The number of nitro benzene ring substituents is 2. The minimum absolute atomic E-state index is 0.102. The number of benzene rings is 2. The molecule has 2 fully saturated rings. The van der Waals surface area contributed by atoms with Crippen molar-refractivity contribution in [3.63, 3.8) is 0 Å². The van der Waals surface area contributed by atoms with E-state index in [2.05, 4.69) is 0 Å². The van der Waals surface area contributed by atoms with E-state index in [9.17, 15) is 39.4 Å². The Morgan fingerprint density at radius 1 is 0.676 bits per heavy atom. The molecule has 0 amide bonds. The van der Waals surface area contributed by atoms with E-state index >= 15 is 0 Å². The fourth-order valence-electron chi connectivity index (χ4n) is 5.14. The van der Waals surface area contributed by atoms with Gasteiger partial charge in [0.1, 0.15) is 0 Å². The maximum Gasteiger partial charge on any atom is 0.310 e. The second-order valence-electron chi connectivity index (χ2n) is 9.05. The second kappa shape index (κ2) is 10.6. The molecule has 12 heteroatoms. The third-order valence-electron chi connectivity index (χ3n) is 6.95. The molecule has 0 heterocycles. The standard InChI is InChI=1S/C25H22N2O10/c28-20(14-3-7-18(8-4-14)26(32)33)12-36-24(30)22-16-1-2-17(11-16)23(22)25(31)37-13-21(29)15-5-9-19(10-6-15)27(34)35/h3-10,16-17,22-23H,1-2,11-13H2. The van der Waals surface area contributed by atoms with Crippen LogP contribution in [0.3, 0.4) is 0 Å². The summed E-state index contributed by atoms with van der Waals surface area (Å²) in [5.41, 5.74) is -0.0630. The van der Waals surface area contributed by atoms with Crippen molar-refractivity contribution in [2.24, 2.45) is 23.7 Å².